The van der Waals surface area contributed by atoms with Crippen molar-refractivity contribution in [2.75, 3.05) is 6.54 Å². The van der Waals surface area contributed by atoms with Gasteiger partial charge in [-0.05, 0) is 29.6 Å². The Hall–Kier alpha value is -1.92. The van der Waals surface area contributed by atoms with E-state index in [0.29, 0.717) is 12.2 Å². The molecule has 0 saturated carbocycles. The Morgan fingerprint density at radius 2 is 1.69 bits per heavy atom. The van der Waals surface area contributed by atoms with Gasteiger partial charge in [0.25, 0.3) is 0 Å². The van der Waals surface area contributed by atoms with E-state index in [1.807, 2.05) is 55.4 Å². The van der Waals surface area contributed by atoms with Crippen LogP contribution in [-0.2, 0) is 0 Å². The van der Waals surface area contributed by atoms with E-state index in [9.17, 15) is 13.2 Å². The fourth-order valence-corrected chi connectivity index (χ4v) is 1.63. The average Bonchev–Trinajstić information content (AvgIpc) is 2.61. The summed E-state index contributed by atoms with van der Waals surface area (Å²) in [6.45, 7) is 16.3. The fraction of sp³-hybridized carbons (Fsp3) is 0.632. The number of nitrogens with one attached hydrogen (secondary N) is 2. The third kappa shape index (κ3) is 10.2. The van der Waals surface area contributed by atoms with Gasteiger partial charge in [-0.15, -0.1) is 0 Å². The first-order valence-corrected chi connectivity index (χ1v) is 9.13. The number of halogens is 3. The van der Waals surface area contributed by atoms with Gasteiger partial charge in [-0.25, -0.2) is 0 Å². The molecule has 152 valence electrons. The molecule has 0 atom stereocenters. The Morgan fingerprint density at radius 1 is 1.15 bits per heavy atom. The molecule has 0 unspecified atom stereocenters. The molecule has 0 aromatic heterocycles. The molecule has 26 heavy (non-hydrogen) atoms. The Balaban J connectivity index is 0. The molecule has 0 radical (unpaired) electrons. The number of hydrogen-bond donors (Lipinski definition) is 3. The van der Waals surface area contributed by atoms with Crippen LogP contribution < -0.4 is 16.6 Å². The maximum atomic E-state index is 12.7. The minimum atomic E-state index is -4.57. The van der Waals surface area contributed by atoms with Gasteiger partial charge in [-0.1, -0.05) is 55.4 Å². The number of aliphatic imine (C=N–C) groups is 1. The summed E-state index contributed by atoms with van der Waals surface area (Å²) in [7, 11) is 0. The molecule has 0 spiro atoms. The summed E-state index contributed by atoms with van der Waals surface area (Å²) in [5, 5.41) is 0. The smallest absolute Gasteiger partial charge is 0.395 e. The summed E-state index contributed by atoms with van der Waals surface area (Å²) in [6, 6.07) is 0. The summed E-state index contributed by atoms with van der Waals surface area (Å²) >= 11 is 0. The van der Waals surface area contributed by atoms with E-state index in [-0.39, 0.29) is 17.5 Å². The van der Waals surface area contributed by atoms with E-state index in [4.69, 9.17) is 5.73 Å². The minimum absolute atomic E-state index is 0.183. The second kappa shape index (κ2) is 13.3. The van der Waals surface area contributed by atoms with Crippen LogP contribution in [0.15, 0.2) is 40.3 Å². The first-order chi connectivity index (χ1) is 12.1. The molecule has 1 heterocycles. The maximum absolute atomic E-state index is 12.7. The topological polar surface area (TPSA) is 62.4 Å². The van der Waals surface area contributed by atoms with Crippen molar-refractivity contribution in [2.24, 2.45) is 22.6 Å². The van der Waals surface area contributed by atoms with Gasteiger partial charge < -0.3 is 11.2 Å². The largest absolute Gasteiger partial charge is 0.430 e. The highest BCUT2D eigenvalue weighted by molar-refractivity contribution is 6.08. The average molecular weight is 377 g/mol. The van der Waals surface area contributed by atoms with E-state index in [2.05, 4.69) is 15.8 Å². The Kier molecular flexibility index (Phi) is 13.5. The molecule has 0 amide bonds. The summed E-state index contributed by atoms with van der Waals surface area (Å²) in [5.41, 5.74) is 11.2. The van der Waals surface area contributed by atoms with Crippen molar-refractivity contribution in [3.8, 4) is 0 Å². The first kappa shape index (κ1) is 26.3. The zero-order valence-electron chi connectivity index (χ0n) is 17.3. The highest BCUT2D eigenvalue weighted by Gasteiger charge is 2.32. The van der Waals surface area contributed by atoms with Crippen LogP contribution >= 0.6 is 0 Å². The SMILES string of the molecule is CC.CC.CC(C)CN=C(/C=C(\N)C(F)(F)F)C1=CC(C(C)C)=CNN1. The molecule has 0 aromatic carbocycles. The zero-order chi connectivity index (χ0) is 20.9. The van der Waals surface area contributed by atoms with Gasteiger partial charge in [0.1, 0.15) is 5.70 Å². The van der Waals surface area contributed by atoms with Crippen molar-refractivity contribution < 1.29 is 13.2 Å². The molecule has 1 rings (SSSR count). The molecule has 7 heteroatoms. The molecule has 0 aromatic rings. The molecule has 0 bridgehead atoms. The van der Waals surface area contributed by atoms with Gasteiger partial charge in [0, 0.05) is 12.7 Å². The number of allylic oxidation sites excluding steroid dienone is 4. The van der Waals surface area contributed by atoms with Gasteiger partial charge in [0.2, 0.25) is 0 Å². The molecule has 0 fully saturated rings. The predicted molar refractivity (Wildman–Crippen MR) is 105 cm³/mol. The molecule has 1 aliphatic rings. The number of rotatable bonds is 5. The van der Waals surface area contributed by atoms with E-state index in [0.717, 1.165) is 11.6 Å². The summed E-state index contributed by atoms with van der Waals surface area (Å²) in [6.07, 6.45) is -0.157. The van der Waals surface area contributed by atoms with Crippen molar-refractivity contribution in [3.63, 3.8) is 0 Å². The van der Waals surface area contributed by atoms with Gasteiger partial charge >= 0.3 is 6.18 Å². The summed E-state index contributed by atoms with van der Waals surface area (Å²) in [5.74, 6) is 0.465. The standard InChI is InChI=1S/C15H23F3N4.2C2H6/c1-9(2)7-20-12(6-14(19)15(16,17)18)13-5-11(10(3)4)8-21-22-13;2*1-2/h5-6,8-10,21-22H,7,19H2,1-4H3;2*1-2H3/b14-6-,20-12?;;. The normalized spacial score (nSPS) is 15.0. The van der Waals surface area contributed by atoms with Crippen molar-refractivity contribution >= 4 is 5.71 Å². The predicted octanol–water partition coefficient (Wildman–Crippen LogP) is 5.07. The van der Waals surface area contributed by atoms with Crippen LogP contribution in [0.25, 0.3) is 0 Å². The van der Waals surface area contributed by atoms with Crippen LogP contribution in [0.1, 0.15) is 55.4 Å². The van der Waals surface area contributed by atoms with E-state index >= 15 is 0 Å². The first-order valence-electron chi connectivity index (χ1n) is 9.13. The molecule has 1 aliphatic heterocycles. The van der Waals surface area contributed by atoms with Crippen LogP contribution in [0.4, 0.5) is 13.2 Å². The van der Waals surface area contributed by atoms with Crippen LogP contribution in [0.5, 0.6) is 0 Å². The van der Waals surface area contributed by atoms with Crippen LogP contribution in [-0.4, -0.2) is 18.4 Å². The van der Waals surface area contributed by atoms with Crippen LogP contribution in [0, 0.1) is 11.8 Å². The van der Waals surface area contributed by atoms with Gasteiger partial charge in [0.05, 0.1) is 11.4 Å². The van der Waals surface area contributed by atoms with E-state index < -0.39 is 11.9 Å². The van der Waals surface area contributed by atoms with Crippen LogP contribution in [0.2, 0.25) is 0 Å². The lowest BCUT2D eigenvalue weighted by atomic mass is 10.0. The fourth-order valence-electron chi connectivity index (χ4n) is 1.63. The highest BCUT2D eigenvalue weighted by Crippen LogP contribution is 2.22. The molecule has 0 aliphatic carbocycles. The number of nitrogens with two attached hydrogens (primary N) is 1. The number of nitrogens with zero attached hydrogens (tertiary/aromatic N) is 1. The molecular formula is C19H35F3N4. The third-order valence-electron chi connectivity index (χ3n) is 2.95. The number of hydrazine groups is 1. The van der Waals surface area contributed by atoms with Crippen molar-refractivity contribution in [1.82, 2.24) is 10.9 Å². The van der Waals surface area contributed by atoms with Gasteiger partial charge in [0.15, 0.2) is 0 Å². The lowest BCUT2D eigenvalue weighted by Crippen LogP contribution is -2.34. The zero-order valence-corrected chi connectivity index (χ0v) is 17.3. The monoisotopic (exact) mass is 376 g/mol. The molecule has 0 saturated heterocycles. The number of alkyl halides is 3. The highest BCUT2D eigenvalue weighted by atomic mass is 19.4. The van der Waals surface area contributed by atoms with Crippen molar-refractivity contribution in [3.05, 3.63) is 35.3 Å². The van der Waals surface area contributed by atoms with Gasteiger partial charge in [-0.2, -0.15) is 13.2 Å². The summed E-state index contributed by atoms with van der Waals surface area (Å²) in [4.78, 5) is 4.26. The quantitative estimate of drug-likeness (QED) is 0.587. The van der Waals surface area contributed by atoms with Crippen molar-refractivity contribution in [1.29, 1.82) is 0 Å². The van der Waals surface area contributed by atoms with Crippen molar-refractivity contribution in [2.45, 2.75) is 61.6 Å². The second-order valence-corrected chi connectivity index (χ2v) is 5.84. The van der Waals surface area contributed by atoms with E-state index in [1.54, 1.807) is 12.3 Å². The third-order valence-corrected chi connectivity index (χ3v) is 2.95. The molecular weight excluding hydrogens is 341 g/mol. The Labute approximate surface area is 156 Å². The van der Waals surface area contributed by atoms with Gasteiger partial charge in [-0.3, -0.25) is 10.4 Å². The summed E-state index contributed by atoms with van der Waals surface area (Å²) < 4.78 is 38.0. The second-order valence-electron chi connectivity index (χ2n) is 5.84. The molecule has 4 N–H and O–H groups in total. The lowest BCUT2D eigenvalue weighted by Gasteiger charge is -2.20. The Morgan fingerprint density at radius 3 is 2.12 bits per heavy atom. The molecule has 4 nitrogen and oxygen atoms in total. The number of hydrogen-bond acceptors (Lipinski definition) is 4. The Bertz CT molecular complexity index is 513. The lowest BCUT2D eigenvalue weighted by molar-refractivity contribution is -0.0925. The minimum Gasteiger partial charge on any atom is -0.395 e. The van der Waals surface area contributed by atoms with E-state index in [1.165, 1.54) is 0 Å². The maximum Gasteiger partial charge on any atom is 0.430 e. The van der Waals surface area contributed by atoms with Crippen LogP contribution in [0.3, 0.4) is 0 Å².